The third kappa shape index (κ3) is 5.54. The average molecular weight is 492 g/mol. The highest BCUT2D eigenvalue weighted by molar-refractivity contribution is 8.00. The molecule has 3 aromatic rings. The number of methoxy groups -OCH3 is 1. The van der Waals surface area contributed by atoms with Crippen molar-refractivity contribution in [1.82, 2.24) is 25.0 Å². The molecule has 1 aromatic heterocycles. The Hall–Kier alpha value is -2.84. The Morgan fingerprint density at radius 1 is 1.03 bits per heavy atom. The van der Waals surface area contributed by atoms with Gasteiger partial charge in [0.1, 0.15) is 11.0 Å². The first-order chi connectivity index (χ1) is 17.1. The molecule has 0 radical (unpaired) electrons. The summed E-state index contributed by atoms with van der Waals surface area (Å²) in [5.41, 5.74) is 1.93. The van der Waals surface area contributed by atoms with E-state index in [0.717, 1.165) is 48.8 Å². The third-order valence-corrected chi connectivity index (χ3v) is 7.99. The summed E-state index contributed by atoms with van der Waals surface area (Å²) in [5, 5.41) is 12.8. The summed E-state index contributed by atoms with van der Waals surface area (Å²) in [7, 11) is 1.67. The Morgan fingerprint density at radius 2 is 1.74 bits per heavy atom. The SMILES string of the molecule is COc1ccc(-n2c(S[C@@H](C(=O)NC3CC3)c3ccccc3)nnc2[C@@H](C)N2CCCCC2)cc1. The molecule has 1 aliphatic heterocycles. The van der Waals surface area contributed by atoms with Gasteiger partial charge in [-0.05, 0) is 75.5 Å². The van der Waals surface area contributed by atoms with E-state index in [-0.39, 0.29) is 11.9 Å². The molecule has 7 nitrogen and oxygen atoms in total. The molecule has 0 bridgehead atoms. The fourth-order valence-corrected chi connectivity index (χ4v) is 5.65. The van der Waals surface area contributed by atoms with Crippen LogP contribution in [0.5, 0.6) is 5.75 Å². The summed E-state index contributed by atoms with van der Waals surface area (Å²) in [4.78, 5) is 15.8. The summed E-state index contributed by atoms with van der Waals surface area (Å²) in [6.45, 7) is 4.34. The van der Waals surface area contributed by atoms with Crippen LogP contribution in [0.3, 0.4) is 0 Å². The van der Waals surface area contributed by atoms with Gasteiger partial charge in [0.2, 0.25) is 5.91 Å². The van der Waals surface area contributed by atoms with E-state index in [9.17, 15) is 4.79 Å². The zero-order valence-corrected chi connectivity index (χ0v) is 21.2. The maximum Gasteiger partial charge on any atom is 0.238 e. The molecule has 0 spiro atoms. The van der Waals surface area contributed by atoms with Gasteiger partial charge in [0.15, 0.2) is 11.0 Å². The van der Waals surface area contributed by atoms with Crippen molar-refractivity contribution in [2.45, 2.75) is 61.5 Å². The minimum Gasteiger partial charge on any atom is -0.497 e. The van der Waals surface area contributed by atoms with Gasteiger partial charge in [0.05, 0.1) is 13.2 Å². The molecule has 2 aromatic carbocycles. The van der Waals surface area contributed by atoms with E-state index in [4.69, 9.17) is 4.74 Å². The topological polar surface area (TPSA) is 72.3 Å². The van der Waals surface area contributed by atoms with Crippen LogP contribution in [0.1, 0.15) is 61.7 Å². The molecule has 184 valence electrons. The first-order valence-corrected chi connectivity index (χ1v) is 13.4. The fraction of sp³-hybridized carbons (Fsp3) is 0.444. The van der Waals surface area contributed by atoms with Gasteiger partial charge in [0.25, 0.3) is 0 Å². The number of carbonyl (C=O) groups excluding carboxylic acids is 1. The number of piperidine rings is 1. The molecular weight excluding hydrogens is 458 g/mol. The molecule has 35 heavy (non-hydrogen) atoms. The molecule has 1 saturated carbocycles. The smallest absolute Gasteiger partial charge is 0.238 e. The molecule has 0 unspecified atom stereocenters. The first kappa shape index (κ1) is 23.9. The lowest BCUT2D eigenvalue weighted by Crippen LogP contribution is -2.33. The highest BCUT2D eigenvalue weighted by atomic mass is 32.2. The number of rotatable bonds is 9. The van der Waals surface area contributed by atoms with Crippen LogP contribution in [0, 0.1) is 0 Å². The van der Waals surface area contributed by atoms with Gasteiger partial charge in [-0.3, -0.25) is 14.3 Å². The molecule has 1 saturated heterocycles. The van der Waals surface area contributed by atoms with Gasteiger partial charge in [-0.25, -0.2) is 0 Å². The number of ether oxygens (including phenoxy) is 1. The van der Waals surface area contributed by atoms with E-state index in [1.54, 1.807) is 7.11 Å². The van der Waals surface area contributed by atoms with Gasteiger partial charge in [-0.15, -0.1) is 10.2 Å². The number of carbonyl (C=O) groups is 1. The van der Waals surface area contributed by atoms with Crippen LogP contribution in [0.2, 0.25) is 0 Å². The predicted octanol–water partition coefficient (Wildman–Crippen LogP) is 4.93. The lowest BCUT2D eigenvalue weighted by atomic mass is 10.1. The van der Waals surface area contributed by atoms with Crippen molar-refractivity contribution in [3.8, 4) is 11.4 Å². The highest BCUT2D eigenvalue weighted by Gasteiger charge is 2.32. The van der Waals surface area contributed by atoms with Crippen molar-refractivity contribution in [2.24, 2.45) is 0 Å². The third-order valence-electron chi connectivity index (χ3n) is 6.79. The molecule has 1 N–H and O–H groups in total. The van der Waals surface area contributed by atoms with E-state index < -0.39 is 5.25 Å². The van der Waals surface area contributed by atoms with Crippen molar-refractivity contribution < 1.29 is 9.53 Å². The quantitative estimate of drug-likeness (QED) is 0.428. The normalized spacial score (nSPS) is 18.1. The second kappa shape index (κ2) is 10.8. The first-order valence-electron chi connectivity index (χ1n) is 12.5. The van der Waals surface area contributed by atoms with Gasteiger partial charge < -0.3 is 10.1 Å². The van der Waals surface area contributed by atoms with Crippen molar-refractivity contribution in [1.29, 1.82) is 0 Å². The van der Waals surface area contributed by atoms with Crippen LogP contribution >= 0.6 is 11.8 Å². The number of likely N-dealkylation sites (tertiary alicyclic amines) is 1. The van der Waals surface area contributed by atoms with Crippen molar-refractivity contribution >= 4 is 17.7 Å². The van der Waals surface area contributed by atoms with Crippen molar-refractivity contribution in [3.63, 3.8) is 0 Å². The molecule has 1 amide bonds. The molecule has 5 rings (SSSR count). The van der Waals surface area contributed by atoms with Gasteiger partial charge in [0, 0.05) is 11.7 Å². The summed E-state index contributed by atoms with van der Waals surface area (Å²) in [6, 6.07) is 18.3. The second-order valence-corrected chi connectivity index (χ2v) is 10.4. The highest BCUT2D eigenvalue weighted by Crippen LogP contribution is 2.38. The lowest BCUT2D eigenvalue weighted by Gasteiger charge is -2.32. The summed E-state index contributed by atoms with van der Waals surface area (Å²) >= 11 is 1.46. The molecule has 2 heterocycles. The molecule has 2 fully saturated rings. The van der Waals surface area contributed by atoms with Gasteiger partial charge in [-0.2, -0.15) is 0 Å². The Balaban J connectivity index is 1.52. The lowest BCUT2D eigenvalue weighted by molar-refractivity contribution is -0.120. The number of aromatic nitrogens is 3. The maximum absolute atomic E-state index is 13.3. The van der Waals surface area contributed by atoms with E-state index in [0.29, 0.717) is 11.2 Å². The minimum absolute atomic E-state index is 0.0265. The average Bonchev–Trinajstić information content (AvgIpc) is 3.63. The monoisotopic (exact) mass is 491 g/mol. The van der Waals surface area contributed by atoms with Crippen molar-refractivity contribution in [3.05, 3.63) is 66.0 Å². The van der Waals surface area contributed by atoms with E-state index in [1.807, 2.05) is 54.6 Å². The van der Waals surface area contributed by atoms with E-state index in [1.165, 1.54) is 31.0 Å². The maximum atomic E-state index is 13.3. The molecule has 2 atom stereocenters. The van der Waals surface area contributed by atoms with Crippen LogP contribution < -0.4 is 10.1 Å². The molecule has 1 aliphatic carbocycles. The molecule has 8 heteroatoms. The van der Waals surface area contributed by atoms with Crippen LogP contribution in [-0.2, 0) is 4.79 Å². The zero-order chi connectivity index (χ0) is 24.2. The van der Waals surface area contributed by atoms with Crippen LogP contribution in [0.25, 0.3) is 5.69 Å². The number of benzene rings is 2. The summed E-state index contributed by atoms with van der Waals surface area (Å²) < 4.78 is 7.49. The predicted molar refractivity (Wildman–Crippen MR) is 138 cm³/mol. The number of nitrogens with zero attached hydrogens (tertiary/aromatic N) is 4. The van der Waals surface area contributed by atoms with Gasteiger partial charge in [-0.1, -0.05) is 48.5 Å². The molecule has 2 aliphatic rings. The van der Waals surface area contributed by atoms with Crippen LogP contribution in [0.4, 0.5) is 0 Å². The summed E-state index contributed by atoms with van der Waals surface area (Å²) in [6.07, 6.45) is 5.80. The van der Waals surface area contributed by atoms with Gasteiger partial charge >= 0.3 is 0 Å². The Bertz CT molecular complexity index is 1120. The standard InChI is InChI=1S/C27H33N5O2S/c1-19(31-17-7-4-8-18-31)25-29-30-27(32(25)22-13-15-23(34-2)16-14-22)35-24(20-9-5-3-6-10-20)26(33)28-21-11-12-21/h3,5-6,9-10,13-16,19,21,24H,4,7-8,11-12,17-18H2,1-2H3,(H,28,33)/t19-,24-/m1/s1. The van der Waals surface area contributed by atoms with Crippen LogP contribution in [-0.4, -0.2) is 51.8 Å². The number of amides is 1. The van der Waals surface area contributed by atoms with E-state index in [2.05, 4.69) is 31.9 Å². The fourth-order valence-electron chi connectivity index (χ4n) is 4.58. The van der Waals surface area contributed by atoms with E-state index >= 15 is 0 Å². The molecular formula is C27H33N5O2S. The number of hydrogen-bond acceptors (Lipinski definition) is 6. The minimum atomic E-state index is -0.406. The Kier molecular flexibility index (Phi) is 7.39. The number of nitrogens with one attached hydrogen (secondary N) is 1. The van der Waals surface area contributed by atoms with Crippen molar-refractivity contribution in [2.75, 3.05) is 20.2 Å². The number of hydrogen-bond donors (Lipinski definition) is 1. The second-order valence-electron chi connectivity index (χ2n) is 9.34. The van der Waals surface area contributed by atoms with Crippen LogP contribution in [0.15, 0.2) is 59.8 Å². The zero-order valence-electron chi connectivity index (χ0n) is 20.4. The number of thioether (sulfide) groups is 1. The Labute approximate surface area is 211 Å². The summed E-state index contributed by atoms with van der Waals surface area (Å²) in [5.74, 6) is 1.72. The largest absolute Gasteiger partial charge is 0.497 e. The Morgan fingerprint density at radius 3 is 2.40 bits per heavy atom.